The van der Waals surface area contributed by atoms with Crippen LogP contribution in [0.4, 0.5) is 0 Å². The summed E-state index contributed by atoms with van der Waals surface area (Å²) in [7, 11) is 0. The Bertz CT molecular complexity index is 2160. The number of allylic oxidation sites excluding steroid dienone is 8. The molecule has 2 heteroatoms. The fourth-order valence-corrected chi connectivity index (χ4v) is 8.40. The summed E-state index contributed by atoms with van der Waals surface area (Å²) in [6.45, 7) is 0. The minimum atomic E-state index is 0.380. The van der Waals surface area contributed by atoms with Crippen molar-refractivity contribution in [2.75, 3.05) is 0 Å². The Kier molecular flexibility index (Phi) is 6.21. The van der Waals surface area contributed by atoms with Crippen LogP contribution in [-0.4, -0.2) is 9.13 Å². The van der Waals surface area contributed by atoms with Gasteiger partial charge in [-0.2, -0.15) is 0 Å². The number of para-hydroxylation sites is 2. The highest BCUT2D eigenvalue weighted by Gasteiger charge is 2.24. The zero-order valence-electron chi connectivity index (χ0n) is 25.2. The number of aromatic nitrogens is 2. The second kappa shape index (κ2) is 10.6. The fraction of sp³-hybridized carbons (Fsp3) is 0.238. The molecule has 0 bridgehead atoms. The highest BCUT2D eigenvalue weighted by Crippen LogP contribution is 2.39. The molecular formula is C42H38N2. The van der Waals surface area contributed by atoms with Crippen LogP contribution in [0.15, 0.2) is 121 Å². The van der Waals surface area contributed by atoms with E-state index in [1.54, 1.807) is 5.56 Å². The molecule has 0 saturated carbocycles. The minimum absolute atomic E-state index is 0.380. The third-order valence-corrected chi connectivity index (χ3v) is 10.5. The predicted octanol–water partition coefficient (Wildman–Crippen LogP) is 8.77. The van der Waals surface area contributed by atoms with Crippen LogP contribution < -0.4 is 10.6 Å². The lowest BCUT2D eigenvalue weighted by Gasteiger charge is -2.23. The highest BCUT2D eigenvalue weighted by atomic mass is 15.0. The summed E-state index contributed by atoms with van der Waals surface area (Å²) in [5.41, 5.74) is 10.0. The van der Waals surface area contributed by atoms with E-state index in [1.807, 2.05) is 0 Å². The largest absolute Gasteiger partial charge is 0.333 e. The SMILES string of the molecule is C1=CCC(n2c3c(c4ccccc42)=CC(C2=CC(c4ccc5c(c4)c4c(n5-c5ccccc5)CCCC4)CC=C2)CC=3)C=C1. The Balaban J connectivity index is 1.10. The van der Waals surface area contributed by atoms with Crippen LogP contribution in [0.1, 0.15) is 60.9 Å². The van der Waals surface area contributed by atoms with Crippen molar-refractivity contribution in [1.29, 1.82) is 0 Å². The number of rotatable bonds is 4. The van der Waals surface area contributed by atoms with Crippen LogP contribution in [0.25, 0.3) is 39.6 Å². The van der Waals surface area contributed by atoms with Gasteiger partial charge in [0.2, 0.25) is 0 Å². The smallest absolute Gasteiger partial charge is 0.0560 e. The molecule has 5 aromatic rings. The minimum Gasteiger partial charge on any atom is -0.333 e. The van der Waals surface area contributed by atoms with Crippen LogP contribution in [0.2, 0.25) is 0 Å². The Morgan fingerprint density at radius 1 is 0.682 bits per heavy atom. The Morgan fingerprint density at radius 3 is 2.48 bits per heavy atom. The van der Waals surface area contributed by atoms with Crippen LogP contribution in [-0.2, 0) is 12.8 Å². The third kappa shape index (κ3) is 4.15. The lowest BCUT2D eigenvalue weighted by Crippen LogP contribution is -2.34. The normalized spacial score (nSPS) is 22.4. The van der Waals surface area contributed by atoms with E-state index in [4.69, 9.17) is 0 Å². The van der Waals surface area contributed by atoms with E-state index in [0.717, 1.165) is 19.3 Å². The van der Waals surface area contributed by atoms with Crippen molar-refractivity contribution in [1.82, 2.24) is 9.13 Å². The van der Waals surface area contributed by atoms with Crippen molar-refractivity contribution >= 4 is 34.0 Å². The van der Waals surface area contributed by atoms with Gasteiger partial charge < -0.3 is 9.13 Å². The average molecular weight is 571 g/mol. The first-order chi connectivity index (χ1) is 21.8. The van der Waals surface area contributed by atoms with Crippen molar-refractivity contribution in [3.05, 3.63) is 148 Å². The number of aryl methyl sites for hydroxylation is 1. The number of nitrogens with zero attached hydrogens (tertiary/aromatic N) is 2. The first-order valence-corrected chi connectivity index (χ1v) is 16.6. The van der Waals surface area contributed by atoms with Crippen molar-refractivity contribution in [2.24, 2.45) is 5.92 Å². The molecule has 3 aromatic carbocycles. The lowest BCUT2D eigenvalue weighted by molar-refractivity contribution is 0.610. The monoisotopic (exact) mass is 570 g/mol. The van der Waals surface area contributed by atoms with Crippen LogP contribution in [0.5, 0.6) is 0 Å². The van der Waals surface area contributed by atoms with E-state index < -0.39 is 0 Å². The molecular weight excluding hydrogens is 532 g/mol. The Hall–Kier alpha value is -4.56. The van der Waals surface area contributed by atoms with Gasteiger partial charge in [-0.15, -0.1) is 0 Å². The molecule has 216 valence electrons. The van der Waals surface area contributed by atoms with E-state index >= 15 is 0 Å². The summed E-state index contributed by atoms with van der Waals surface area (Å²) in [5, 5.41) is 5.64. The van der Waals surface area contributed by atoms with Gasteiger partial charge >= 0.3 is 0 Å². The molecule has 2 heterocycles. The summed E-state index contributed by atoms with van der Waals surface area (Å²) in [6.07, 6.45) is 29.6. The van der Waals surface area contributed by atoms with Gasteiger partial charge in [-0.25, -0.2) is 0 Å². The van der Waals surface area contributed by atoms with Crippen molar-refractivity contribution in [2.45, 2.75) is 56.9 Å². The van der Waals surface area contributed by atoms with Crippen molar-refractivity contribution in [3.63, 3.8) is 0 Å². The molecule has 0 fully saturated rings. The van der Waals surface area contributed by atoms with Gasteiger partial charge in [0.15, 0.2) is 0 Å². The summed E-state index contributed by atoms with van der Waals surface area (Å²) in [5.74, 6) is 0.812. The predicted molar refractivity (Wildman–Crippen MR) is 185 cm³/mol. The van der Waals surface area contributed by atoms with E-state index in [1.165, 1.54) is 80.6 Å². The maximum absolute atomic E-state index is 2.58. The van der Waals surface area contributed by atoms with Gasteiger partial charge in [0.25, 0.3) is 0 Å². The van der Waals surface area contributed by atoms with Gasteiger partial charge in [-0.1, -0.05) is 97.1 Å². The Labute approximate surface area is 259 Å². The lowest BCUT2D eigenvalue weighted by atomic mass is 9.82. The van der Waals surface area contributed by atoms with Gasteiger partial charge in [0, 0.05) is 50.1 Å². The van der Waals surface area contributed by atoms with Gasteiger partial charge in [0.05, 0.1) is 11.6 Å². The first kappa shape index (κ1) is 25.9. The van der Waals surface area contributed by atoms with E-state index in [0.29, 0.717) is 17.9 Å². The molecule has 2 nitrogen and oxygen atoms in total. The molecule has 2 aromatic heterocycles. The Morgan fingerprint density at radius 2 is 1.57 bits per heavy atom. The standard InChI is InChI=1S/C42H38N2/c1-3-14-33(15-4-1)43-39-20-9-7-18-35(39)37-27-31(22-24-41(37)43)29-12-11-13-30(26-29)32-23-25-42-38(28-32)36-19-8-10-21-40(36)44(42)34-16-5-2-6-17-34/h1-7,9,11-12,14,16-18,20,23-28,30-31,33H,8,10,13,15,19,21-22H2. The summed E-state index contributed by atoms with van der Waals surface area (Å²) < 4.78 is 5.11. The van der Waals surface area contributed by atoms with Crippen molar-refractivity contribution in [3.8, 4) is 5.69 Å². The van der Waals surface area contributed by atoms with Crippen LogP contribution >= 0.6 is 0 Å². The van der Waals surface area contributed by atoms with Gasteiger partial charge in [-0.05, 0) is 92.0 Å². The molecule has 44 heavy (non-hydrogen) atoms. The topological polar surface area (TPSA) is 9.86 Å². The fourth-order valence-electron chi connectivity index (χ4n) is 8.40. The zero-order chi connectivity index (χ0) is 29.0. The molecule has 3 atom stereocenters. The molecule has 0 radical (unpaired) electrons. The van der Waals surface area contributed by atoms with E-state index in [9.17, 15) is 0 Å². The van der Waals surface area contributed by atoms with Gasteiger partial charge in [0.1, 0.15) is 0 Å². The molecule has 0 spiro atoms. The highest BCUT2D eigenvalue weighted by molar-refractivity contribution is 5.88. The van der Waals surface area contributed by atoms with Gasteiger partial charge in [-0.3, -0.25) is 0 Å². The number of benzene rings is 3. The molecule has 0 amide bonds. The van der Waals surface area contributed by atoms with E-state index in [-0.39, 0.29) is 0 Å². The molecule has 0 N–H and O–H groups in total. The van der Waals surface area contributed by atoms with Crippen molar-refractivity contribution < 1.29 is 0 Å². The number of fused-ring (bicyclic) bond motifs is 6. The molecule has 0 saturated heterocycles. The van der Waals surface area contributed by atoms with E-state index in [2.05, 4.69) is 137 Å². The molecule has 9 rings (SSSR count). The maximum atomic E-state index is 2.58. The zero-order valence-corrected chi connectivity index (χ0v) is 25.2. The summed E-state index contributed by atoms with van der Waals surface area (Å²) in [4.78, 5) is 0. The number of hydrogen-bond acceptors (Lipinski definition) is 0. The summed E-state index contributed by atoms with van der Waals surface area (Å²) in [6, 6.07) is 27.7. The average Bonchev–Trinajstić information content (AvgIpc) is 3.61. The molecule has 4 aliphatic carbocycles. The maximum Gasteiger partial charge on any atom is 0.0560 e. The van der Waals surface area contributed by atoms with Crippen LogP contribution in [0, 0.1) is 5.92 Å². The third-order valence-electron chi connectivity index (χ3n) is 10.5. The summed E-state index contributed by atoms with van der Waals surface area (Å²) >= 11 is 0. The first-order valence-electron chi connectivity index (χ1n) is 16.6. The molecule has 4 aliphatic rings. The molecule has 0 aliphatic heterocycles. The second-order valence-electron chi connectivity index (χ2n) is 13.0. The van der Waals surface area contributed by atoms with Crippen LogP contribution in [0.3, 0.4) is 0 Å². The second-order valence-corrected chi connectivity index (χ2v) is 13.0. The number of hydrogen-bond donors (Lipinski definition) is 0. The molecule has 3 unspecified atom stereocenters. The quantitative estimate of drug-likeness (QED) is 0.204.